The topological polar surface area (TPSA) is 72.9 Å². The van der Waals surface area contributed by atoms with E-state index in [1.165, 1.54) is 0 Å². The minimum Gasteiger partial charge on any atom is -0.495 e. The van der Waals surface area contributed by atoms with Gasteiger partial charge in [-0.1, -0.05) is 6.07 Å². The van der Waals surface area contributed by atoms with Crippen LogP contribution in [0.3, 0.4) is 0 Å². The molecular weight excluding hydrogens is 358 g/mol. The molecule has 1 aromatic heterocycles. The van der Waals surface area contributed by atoms with E-state index in [0.29, 0.717) is 44.8 Å². The summed E-state index contributed by atoms with van der Waals surface area (Å²) in [6.07, 6.45) is 3.07. The molecule has 2 saturated heterocycles. The van der Waals surface area contributed by atoms with Crippen molar-refractivity contribution in [1.82, 2.24) is 9.88 Å². The highest BCUT2D eigenvalue weighted by Gasteiger charge is 2.41. The molecule has 0 unspecified atom stereocenters. The predicted octanol–water partition coefficient (Wildman–Crippen LogP) is 3.12. The van der Waals surface area contributed by atoms with E-state index >= 15 is 0 Å². The van der Waals surface area contributed by atoms with E-state index in [4.69, 9.17) is 14.2 Å². The maximum absolute atomic E-state index is 12.8. The lowest BCUT2D eigenvalue weighted by atomic mass is 10.0. The Morgan fingerprint density at radius 2 is 1.93 bits per heavy atom. The van der Waals surface area contributed by atoms with Crippen LogP contribution in [-0.4, -0.2) is 55.0 Å². The minimum atomic E-state index is -0.481. The van der Waals surface area contributed by atoms with E-state index in [1.54, 1.807) is 19.4 Å². The van der Waals surface area contributed by atoms with Gasteiger partial charge in [0.25, 0.3) is 5.91 Å². The summed E-state index contributed by atoms with van der Waals surface area (Å²) in [6.45, 7) is 4.52. The first kappa shape index (κ1) is 18.7. The summed E-state index contributed by atoms with van der Waals surface area (Å²) in [6, 6.07) is 9.53. The standard InChI is InChI=1S/C21H25N3O4/c1-15-3-6-19(26-2)18(13-15)23-16-4-5-17(22-14-16)20(25)24-9-7-21(8-10-24)27-11-12-28-21/h3-6,13-14,23H,7-12H2,1-2H3. The molecule has 0 radical (unpaired) electrons. The molecule has 1 amide bonds. The van der Waals surface area contributed by atoms with Gasteiger partial charge < -0.3 is 24.4 Å². The van der Waals surface area contributed by atoms with Crippen molar-refractivity contribution in [3.8, 4) is 5.75 Å². The summed E-state index contributed by atoms with van der Waals surface area (Å²) in [4.78, 5) is 18.9. The summed E-state index contributed by atoms with van der Waals surface area (Å²) >= 11 is 0. The number of hydrogen-bond donors (Lipinski definition) is 1. The second-order valence-corrected chi connectivity index (χ2v) is 7.16. The van der Waals surface area contributed by atoms with Crippen molar-refractivity contribution in [1.29, 1.82) is 0 Å². The first-order valence-electron chi connectivity index (χ1n) is 9.53. The molecule has 0 aliphatic carbocycles. The Bertz CT molecular complexity index is 837. The third-order valence-corrected chi connectivity index (χ3v) is 5.24. The number of likely N-dealkylation sites (tertiary alicyclic amines) is 1. The van der Waals surface area contributed by atoms with Gasteiger partial charge in [0.05, 0.1) is 37.9 Å². The van der Waals surface area contributed by atoms with E-state index in [-0.39, 0.29) is 5.91 Å². The molecule has 1 N–H and O–H groups in total. The van der Waals surface area contributed by atoms with Gasteiger partial charge in [0, 0.05) is 25.9 Å². The van der Waals surface area contributed by atoms with Gasteiger partial charge in [0.1, 0.15) is 11.4 Å². The lowest BCUT2D eigenvalue weighted by Gasteiger charge is -2.37. The van der Waals surface area contributed by atoms with Gasteiger partial charge in [0.15, 0.2) is 5.79 Å². The van der Waals surface area contributed by atoms with Crippen LogP contribution in [-0.2, 0) is 9.47 Å². The first-order chi connectivity index (χ1) is 13.6. The van der Waals surface area contributed by atoms with Crippen LogP contribution in [0.4, 0.5) is 11.4 Å². The number of rotatable bonds is 4. The van der Waals surface area contributed by atoms with E-state index in [2.05, 4.69) is 10.3 Å². The molecule has 0 saturated carbocycles. The Labute approximate surface area is 164 Å². The van der Waals surface area contributed by atoms with Crippen LogP contribution >= 0.6 is 0 Å². The fraction of sp³-hybridized carbons (Fsp3) is 0.429. The number of nitrogens with one attached hydrogen (secondary N) is 1. The summed E-state index contributed by atoms with van der Waals surface area (Å²) in [5, 5.41) is 3.30. The third kappa shape index (κ3) is 3.81. The molecular formula is C21H25N3O4. The van der Waals surface area contributed by atoms with E-state index in [1.807, 2.05) is 36.1 Å². The van der Waals surface area contributed by atoms with Crippen molar-refractivity contribution in [2.45, 2.75) is 25.6 Å². The predicted molar refractivity (Wildman–Crippen MR) is 105 cm³/mol. The van der Waals surface area contributed by atoms with Crippen molar-refractivity contribution in [3.63, 3.8) is 0 Å². The lowest BCUT2D eigenvalue weighted by Crippen LogP contribution is -2.47. The molecule has 4 rings (SSSR count). The zero-order chi connectivity index (χ0) is 19.6. The van der Waals surface area contributed by atoms with Crippen LogP contribution in [0.1, 0.15) is 28.9 Å². The monoisotopic (exact) mass is 383 g/mol. The Morgan fingerprint density at radius 1 is 1.18 bits per heavy atom. The van der Waals surface area contributed by atoms with Crippen molar-refractivity contribution >= 4 is 17.3 Å². The molecule has 2 aliphatic heterocycles. The molecule has 28 heavy (non-hydrogen) atoms. The number of pyridine rings is 1. The molecule has 3 heterocycles. The number of amides is 1. The molecule has 148 valence electrons. The van der Waals surface area contributed by atoms with Gasteiger partial charge in [-0.2, -0.15) is 0 Å². The fourth-order valence-electron chi connectivity index (χ4n) is 3.67. The number of nitrogens with zero attached hydrogens (tertiary/aromatic N) is 2. The molecule has 2 aromatic rings. The molecule has 7 heteroatoms. The van der Waals surface area contributed by atoms with Gasteiger partial charge >= 0.3 is 0 Å². The number of carbonyl (C=O) groups is 1. The normalized spacial score (nSPS) is 18.3. The molecule has 7 nitrogen and oxygen atoms in total. The molecule has 2 fully saturated rings. The highest BCUT2D eigenvalue weighted by atomic mass is 16.7. The highest BCUT2D eigenvalue weighted by Crippen LogP contribution is 2.32. The van der Waals surface area contributed by atoms with Crippen LogP contribution in [0.15, 0.2) is 36.5 Å². The summed E-state index contributed by atoms with van der Waals surface area (Å²) in [5.74, 6) is 0.210. The summed E-state index contributed by atoms with van der Waals surface area (Å²) in [5.41, 5.74) is 3.22. The van der Waals surface area contributed by atoms with Crippen molar-refractivity contribution < 1.29 is 19.0 Å². The number of methoxy groups -OCH3 is 1. The zero-order valence-corrected chi connectivity index (χ0v) is 16.2. The van der Waals surface area contributed by atoms with Crippen LogP contribution in [0, 0.1) is 6.92 Å². The lowest BCUT2D eigenvalue weighted by molar-refractivity contribution is -0.181. The van der Waals surface area contributed by atoms with E-state index in [0.717, 1.165) is 22.7 Å². The second kappa shape index (κ2) is 7.77. The number of hydrogen-bond acceptors (Lipinski definition) is 6. The Kier molecular flexibility index (Phi) is 5.19. The number of aryl methyl sites for hydroxylation is 1. The van der Waals surface area contributed by atoms with E-state index in [9.17, 15) is 4.79 Å². The zero-order valence-electron chi connectivity index (χ0n) is 16.2. The third-order valence-electron chi connectivity index (χ3n) is 5.24. The van der Waals surface area contributed by atoms with Gasteiger partial charge in [-0.05, 0) is 36.8 Å². The average molecular weight is 383 g/mol. The van der Waals surface area contributed by atoms with Crippen LogP contribution in [0.25, 0.3) is 0 Å². The second-order valence-electron chi connectivity index (χ2n) is 7.16. The maximum atomic E-state index is 12.8. The van der Waals surface area contributed by atoms with Gasteiger partial charge in [-0.15, -0.1) is 0 Å². The van der Waals surface area contributed by atoms with Crippen LogP contribution in [0.5, 0.6) is 5.75 Å². The van der Waals surface area contributed by atoms with E-state index < -0.39 is 5.79 Å². The maximum Gasteiger partial charge on any atom is 0.272 e. The number of carbonyl (C=O) groups excluding carboxylic acids is 1. The average Bonchev–Trinajstić information content (AvgIpc) is 3.17. The molecule has 1 aromatic carbocycles. The van der Waals surface area contributed by atoms with Crippen molar-refractivity contribution in [2.24, 2.45) is 0 Å². The summed E-state index contributed by atoms with van der Waals surface area (Å²) < 4.78 is 16.8. The molecule has 2 aliphatic rings. The Morgan fingerprint density at radius 3 is 2.57 bits per heavy atom. The quantitative estimate of drug-likeness (QED) is 0.875. The number of aromatic nitrogens is 1. The summed E-state index contributed by atoms with van der Waals surface area (Å²) in [7, 11) is 1.64. The van der Waals surface area contributed by atoms with Crippen molar-refractivity contribution in [2.75, 3.05) is 38.7 Å². The Balaban J connectivity index is 1.41. The SMILES string of the molecule is COc1ccc(C)cc1Nc1ccc(C(=O)N2CCC3(CC2)OCCO3)nc1. The number of ether oxygens (including phenoxy) is 3. The fourth-order valence-corrected chi connectivity index (χ4v) is 3.67. The van der Waals surface area contributed by atoms with Gasteiger partial charge in [-0.25, -0.2) is 4.98 Å². The first-order valence-corrected chi connectivity index (χ1v) is 9.53. The minimum absolute atomic E-state index is 0.0625. The largest absolute Gasteiger partial charge is 0.495 e. The highest BCUT2D eigenvalue weighted by molar-refractivity contribution is 5.92. The van der Waals surface area contributed by atoms with Crippen LogP contribution < -0.4 is 10.1 Å². The number of benzene rings is 1. The van der Waals surface area contributed by atoms with Crippen molar-refractivity contribution in [3.05, 3.63) is 47.8 Å². The van der Waals surface area contributed by atoms with Gasteiger partial charge in [0.2, 0.25) is 0 Å². The molecule has 0 bridgehead atoms. The molecule has 1 spiro atoms. The Hall–Kier alpha value is -2.64. The number of anilines is 2. The van der Waals surface area contributed by atoms with Crippen LogP contribution in [0.2, 0.25) is 0 Å². The van der Waals surface area contributed by atoms with Gasteiger partial charge in [-0.3, -0.25) is 4.79 Å². The smallest absolute Gasteiger partial charge is 0.272 e. The number of piperidine rings is 1. The molecule has 0 atom stereocenters.